The summed E-state index contributed by atoms with van der Waals surface area (Å²) in [4.78, 5) is 7.94. The van der Waals surface area contributed by atoms with E-state index in [1.54, 1.807) is 13.1 Å². The minimum atomic E-state index is -1.01. The number of alkyl halides is 1. The standard InChI is InChI=1S/C9H13ClN2O2/c1-6-4-11-5-7(12-6)9(14)8(13)2-3-10/h4-5,8-9,13-14H,2-3H2,1H3. The van der Waals surface area contributed by atoms with E-state index in [-0.39, 0.29) is 0 Å². The molecular weight excluding hydrogens is 204 g/mol. The molecule has 1 heterocycles. The molecule has 2 atom stereocenters. The van der Waals surface area contributed by atoms with E-state index in [4.69, 9.17) is 11.6 Å². The molecule has 1 rings (SSSR count). The van der Waals surface area contributed by atoms with Crippen LogP contribution < -0.4 is 0 Å². The van der Waals surface area contributed by atoms with Crippen LogP contribution in [0.4, 0.5) is 0 Å². The summed E-state index contributed by atoms with van der Waals surface area (Å²) < 4.78 is 0. The lowest BCUT2D eigenvalue weighted by Crippen LogP contribution is -2.20. The zero-order chi connectivity index (χ0) is 10.6. The smallest absolute Gasteiger partial charge is 0.123 e. The summed E-state index contributed by atoms with van der Waals surface area (Å²) in [6, 6.07) is 0. The molecule has 2 N–H and O–H groups in total. The van der Waals surface area contributed by atoms with Gasteiger partial charge in [-0.2, -0.15) is 0 Å². The lowest BCUT2D eigenvalue weighted by molar-refractivity contribution is 0.0141. The van der Waals surface area contributed by atoms with Gasteiger partial charge in [-0.3, -0.25) is 9.97 Å². The van der Waals surface area contributed by atoms with Crippen LogP contribution in [0.1, 0.15) is 23.9 Å². The van der Waals surface area contributed by atoms with E-state index < -0.39 is 12.2 Å². The molecule has 1 aromatic rings. The van der Waals surface area contributed by atoms with Crippen molar-refractivity contribution in [1.29, 1.82) is 0 Å². The quantitative estimate of drug-likeness (QED) is 0.731. The lowest BCUT2D eigenvalue weighted by atomic mass is 10.1. The Labute approximate surface area is 87.6 Å². The van der Waals surface area contributed by atoms with Gasteiger partial charge in [0.15, 0.2) is 0 Å². The van der Waals surface area contributed by atoms with Gasteiger partial charge in [-0.05, 0) is 13.3 Å². The van der Waals surface area contributed by atoms with Crippen LogP contribution in [0.5, 0.6) is 0 Å². The van der Waals surface area contributed by atoms with Gasteiger partial charge >= 0.3 is 0 Å². The summed E-state index contributed by atoms with van der Waals surface area (Å²) in [6.07, 6.45) is 1.46. The lowest BCUT2D eigenvalue weighted by Gasteiger charge is -2.15. The highest BCUT2D eigenvalue weighted by atomic mass is 35.5. The third-order valence-electron chi connectivity index (χ3n) is 1.85. The molecule has 0 spiro atoms. The third-order valence-corrected chi connectivity index (χ3v) is 2.06. The fourth-order valence-corrected chi connectivity index (χ4v) is 1.32. The van der Waals surface area contributed by atoms with Gasteiger partial charge in [0.05, 0.1) is 23.7 Å². The number of nitrogens with zero attached hydrogens (tertiary/aromatic N) is 2. The van der Waals surface area contributed by atoms with Crippen LogP contribution in [0, 0.1) is 6.92 Å². The maximum absolute atomic E-state index is 9.63. The number of aliphatic hydroxyl groups is 2. The van der Waals surface area contributed by atoms with Crippen molar-refractivity contribution >= 4 is 11.6 Å². The Morgan fingerprint density at radius 3 is 2.71 bits per heavy atom. The van der Waals surface area contributed by atoms with Gasteiger partial charge in [0.25, 0.3) is 0 Å². The van der Waals surface area contributed by atoms with Crippen LogP contribution >= 0.6 is 11.6 Å². The van der Waals surface area contributed by atoms with Crippen LogP contribution in [0.2, 0.25) is 0 Å². The summed E-state index contributed by atoms with van der Waals surface area (Å²) in [6.45, 7) is 1.77. The third kappa shape index (κ3) is 2.90. The second-order valence-electron chi connectivity index (χ2n) is 3.08. The van der Waals surface area contributed by atoms with E-state index in [2.05, 4.69) is 9.97 Å². The SMILES string of the molecule is Cc1cncc(C(O)C(O)CCCl)n1. The molecule has 0 aromatic carbocycles. The first-order valence-electron chi connectivity index (χ1n) is 4.35. The number of halogens is 1. The monoisotopic (exact) mass is 216 g/mol. The number of hydrogen-bond donors (Lipinski definition) is 2. The van der Waals surface area contributed by atoms with Gasteiger partial charge in [-0.15, -0.1) is 11.6 Å². The molecule has 0 amide bonds. The molecule has 14 heavy (non-hydrogen) atoms. The molecule has 0 saturated carbocycles. The van der Waals surface area contributed by atoms with Gasteiger partial charge in [-0.25, -0.2) is 0 Å². The van der Waals surface area contributed by atoms with Crippen molar-refractivity contribution in [1.82, 2.24) is 9.97 Å². The second kappa shape index (κ2) is 5.24. The van der Waals surface area contributed by atoms with E-state index in [1.807, 2.05) is 0 Å². The van der Waals surface area contributed by atoms with Gasteiger partial charge < -0.3 is 10.2 Å². The molecule has 0 saturated heterocycles. The van der Waals surface area contributed by atoms with Crippen molar-refractivity contribution in [3.63, 3.8) is 0 Å². The first-order valence-corrected chi connectivity index (χ1v) is 4.89. The fourth-order valence-electron chi connectivity index (χ4n) is 1.09. The molecule has 0 aliphatic heterocycles. The van der Waals surface area contributed by atoms with Gasteiger partial charge in [-0.1, -0.05) is 0 Å². The summed E-state index contributed by atoms with van der Waals surface area (Å²) >= 11 is 5.45. The normalized spacial score (nSPS) is 15.1. The molecule has 0 fully saturated rings. The molecule has 5 heteroatoms. The first kappa shape index (κ1) is 11.4. The highest BCUT2D eigenvalue weighted by Gasteiger charge is 2.19. The van der Waals surface area contributed by atoms with Crippen molar-refractivity contribution in [3.05, 3.63) is 23.8 Å². The van der Waals surface area contributed by atoms with Crippen LogP contribution in [-0.2, 0) is 0 Å². The number of aryl methyl sites for hydroxylation is 1. The average Bonchev–Trinajstić information content (AvgIpc) is 2.17. The molecule has 4 nitrogen and oxygen atoms in total. The first-order chi connectivity index (χ1) is 6.65. The Morgan fingerprint density at radius 2 is 2.14 bits per heavy atom. The molecule has 0 aliphatic carbocycles. The number of aromatic nitrogens is 2. The molecule has 1 aromatic heterocycles. The predicted octanol–water partition coefficient (Wildman–Crippen LogP) is 0.808. The minimum absolute atomic E-state index is 0.303. The van der Waals surface area contributed by atoms with Crippen molar-refractivity contribution in [2.75, 3.05) is 5.88 Å². The van der Waals surface area contributed by atoms with Crippen molar-refractivity contribution in [3.8, 4) is 0 Å². The topological polar surface area (TPSA) is 66.2 Å². The Balaban J connectivity index is 2.73. The molecule has 0 radical (unpaired) electrons. The van der Waals surface area contributed by atoms with E-state index in [0.717, 1.165) is 0 Å². The average molecular weight is 217 g/mol. The van der Waals surface area contributed by atoms with E-state index >= 15 is 0 Å². The predicted molar refractivity (Wildman–Crippen MR) is 53.1 cm³/mol. The van der Waals surface area contributed by atoms with E-state index in [0.29, 0.717) is 23.7 Å². The highest BCUT2D eigenvalue weighted by molar-refractivity contribution is 6.17. The van der Waals surface area contributed by atoms with E-state index in [1.165, 1.54) is 6.20 Å². The van der Waals surface area contributed by atoms with Crippen molar-refractivity contribution < 1.29 is 10.2 Å². The molecular formula is C9H13ClN2O2. The number of aliphatic hydroxyl groups excluding tert-OH is 2. The number of hydrogen-bond acceptors (Lipinski definition) is 4. The Kier molecular flexibility index (Phi) is 4.25. The van der Waals surface area contributed by atoms with Crippen LogP contribution in [-0.4, -0.2) is 32.2 Å². The molecule has 2 unspecified atom stereocenters. The maximum Gasteiger partial charge on any atom is 0.123 e. The van der Waals surface area contributed by atoms with Crippen molar-refractivity contribution in [2.45, 2.75) is 25.6 Å². The van der Waals surface area contributed by atoms with Crippen LogP contribution in [0.3, 0.4) is 0 Å². The van der Waals surface area contributed by atoms with Gasteiger partial charge in [0, 0.05) is 12.1 Å². The summed E-state index contributed by atoms with van der Waals surface area (Å²) in [7, 11) is 0. The Hall–Kier alpha value is -0.710. The van der Waals surface area contributed by atoms with Gasteiger partial charge in [0.1, 0.15) is 6.10 Å². The summed E-state index contributed by atoms with van der Waals surface area (Å²) in [5.41, 5.74) is 1.09. The fraction of sp³-hybridized carbons (Fsp3) is 0.556. The van der Waals surface area contributed by atoms with Crippen LogP contribution in [0.15, 0.2) is 12.4 Å². The Bertz CT molecular complexity index is 296. The summed E-state index contributed by atoms with van der Waals surface area (Å²) in [5.74, 6) is 0.303. The van der Waals surface area contributed by atoms with Crippen molar-refractivity contribution in [2.24, 2.45) is 0 Å². The molecule has 78 valence electrons. The van der Waals surface area contributed by atoms with Crippen LogP contribution in [0.25, 0.3) is 0 Å². The molecule has 0 aliphatic rings. The van der Waals surface area contributed by atoms with Gasteiger partial charge in [0.2, 0.25) is 0 Å². The minimum Gasteiger partial charge on any atom is -0.390 e. The Morgan fingerprint density at radius 1 is 1.43 bits per heavy atom. The number of rotatable bonds is 4. The van der Waals surface area contributed by atoms with E-state index in [9.17, 15) is 10.2 Å². The summed E-state index contributed by atoms with van der Waals surface area (Å²) in [5, 5.41) is 19.1. The second-order valence-corrected chi connectivity index (χ2v) is 3.45. The zero-order valence-corrected chi connectivity index (χ0v) is 8.65. The molecule has 0 bridgehead atoms. The zero-order valence-electron chi connectivity index (χ0n) is 7.89. The largest absolute Gasteiger partial charge is 0.390 e. The highest BCUT2D eigenvalue weighted by Crippen LogP contribution is 2.16. The maximum atomic E-state index is 9.63.